The molecule has 3 atom stereocenters. The van der Waals surface area contributed by atoms with Crippen LogP contribution >= 0.6 is 45.2 Å². The summed E-state index contributed by atoms with van der Waals surface area (Å²) in [5, 5.41) is 0. The van der Waals surface area contributed by atoms with Gasteiger partial charge >= 0.3 is 0 Å². The van der Waals surface area contributed by atoms with E-state index in [-0.39, 0.29) is 0 Å². The van der Waals surface area contributed by atoms with Crippen molar-refractivity contribution in [3.05, 3.63) is 0 Å². The molecule has 104 valence electrons. The lowest BCUT2D eigenvalue weighted by atomic mass is 9.79. The van der Waals surface area contributed by atoms with Gasteiger partial charge in [0.25, 0.3) is 0 Å². The van der Waals surface area contributed by atoms with Gasteiger partial charge in [0.1, 0.15) is 0 Å². The molecule has 0 aromatic rings. The second kappa shape index (κ2) is 11.3. The molecule has 0 nitrogen and oxygen atoms in total. The second-order valence-electron chi connectivity index (χ2n) is 5.77. The van der Waals surface area contributed by atoms with E-state index in [4.69, 9.17) is 0 Å². The number of hydrogen-bond acceptors (Lipinski definition) is 0. The standard InChI is InChI=1S/C15H30I2/c1-12(2)14(4)15(11-13(3)17)9-7-5-6-8-10-16/h12-15H,5-11H2,1-4H3/t13?,14-,15?/m0/s1. The molecule has 0 heterocycles. The van der Waals surface area contributed by atoms with Crippen molar-refractivity contribution in [2.45, 2.75) is 70.1 Å². The summed E-state index contributed by atoms with van der Waals surface area (Å²) in [4.78, 5) is 0. The van der Waals surface area contributed by atoms with Gasteiger partial charge in [-0.3, -0.25) is 0 Å². The van der Waals surface area contributed by atoms with Gasteiger partial charge < -0.3 is 0 Å². The van der Waals surface area contributed by atoms with Crippen LogP contribution in [0.5, 0.6) is 0 Å². The lowest BCUT2D eigenvalue weighted by molar-refractivity contribution is 0.244. The van der Waals surface area contributed by atoms with Gasteiger partial charge in [-0.1, -0.05) is 98.6 Å². The third-order valence-electron chi connectivity index (χ3n) is 3.88. The van der Waals surface area contributed by atoms with E-state index in [2.05, 4.69) is 72.9 Å². The molecule has 0 aromatic heterocycles. The van der Waals surface area contributed by atoms with Crippen LogP contribution in [0.15, 0.2) is 0 Å². The molecule has 0 amide bonds. The smallest absolute Gasteiger partial charge is 0.00840 e. The summed E-state index contributed by atoms with van der Waals surface area (Å²) in [5.74, 6) is 2.67. The van der Waals surface area contributed by atoms with Gasteiger partial charge in [-0.2, -0.15) is 0 Å². The number of halogens is 2. The van der Waals surface area contributed by atoms with Crippen LogP contribution in [0.25, 0.3) is 0 Å². The highest BCUT2D eigenvalue weighted by atomic mass is 127. The Morgan fingerprint density at radius 2 is 1.47 bits per heavy atom. The van der Waals surface area contributed by atoms with E-state index in [9.17, 15) is 0 Å². The topological polar surface area (TPSA) is 0 Å². The van der Waals surface area contributed by atoms with Crippen LogP contribution in [0.1, 0.15) is 66.2 Å². The van der Waals surface area contributed by atoms with Gasteiger partial charge in [0, 0.05) is 3.92 Å². The van der Waals surface area contributed by atoms with E-state index in [1.165, 1.54) is 43.0 Å². The lowest BCUT2D eigenvalue weighted by Crippen LogP contribution is -2.19. The Morgan fingerprint density at radius 1 is 0.882 bits per heavy atom. The zero-order valence-corrected chi connectivity index (χ0v) is 16.3. The molecule has 0 aliphatic heterocycles. The van der Waals surface area contributed by atoms with E-state index in [1.807, 2.05) is 0 Å². The molecule has 0 bridgehead atoms. The molecule has 2 heteroatoms. The van der Waals surface area contributed by atoms with Crippen LogP contribution in [0, 0.1) is 17.8 Å². The molecule has 0 aliphatic carbocycles. The molecule has 2 unspecified atom stereocenters. The third kappa shape index (κ3) is 9.97. The van der Waals surface area contributed by atoms with Crippen LogP contribution in [0.4, 0.5) is 0 Å². The number of hydrogen-bond donors (Lipinski definition) is 0. The highest BCUT2D eigenvalue weighted by molar-refractivity contribution is 14.1. The van der Waals surface area contributed by atoms with Crippen LogP contribution in [0.2, 0.25) is 0 Å². The average Bonchev–Trinajstić information content (AvgIpc) is 2.25. The van der Waals surface area contributed by atoms with E-state index in [0.717, 1.165) is 21.7 Å². The predicted molar refractivity (Wildman–Crippen MR) is 97.6 cm³/mol. The molecular weight excluding hydrogens is 434 g/mol. The van der Waals surface area contributed by atoms with E-state index in [0.29, 0.717) is 0 Å². The Hall–Kier alpha value is 1.46. The molecule has 0 aromatic carbocycles. The van der Waals surface area contributed by atoms with Crippen LogP contribution in [0.3, 0.4) is 0 Å². The summed E-state index contributed by atoms with van der Waals surface area (Å²) in [6.45, 7) is 9.58. The van der Waals surface area contributed by atoms with Gasteiger partial charge in [0.05, 0.1) is 0 Å². The first-order valence-corrected chi connectivity index (χ1v) is 9.96. The third-order valence-corrected chi connectivity index (χ3v) is 5.15. The van der Waals surface area contributed by atoms with Gasteiger partial charge in [-0.05, 0) is 35.0 Å². The molecule has 0 fully saturated rings. The number of unbranched alkanes of at least 4 members (excludes halogenated alkanes) is 3. The van der Waals surface area contributed by atoms with Crippen molar-refractivity contribution in [2.75, 3.05) is 4.43 Å². The summed E-state index contributed by atoms with van der Waals surface area (Å²) < 4.78 is 2.15. The quantitative estimate of drug-likeness (QED) is 0.197. The second-order valence-corrected chi connectivity index (χ2v) is 8.98. The zero-order valence-electron chi connectivity index (χ0n) is 12.0. The van der Waals surface area contributed by atoms with Gasteiger partial charge in [0.15, 0.2) is 0 Å². The maximum Gasteiger partial charge on any atom is 0.00840 e. The minimum absolute atomic E-state index is 0.827. The van der Waals surface area contributed by atoms with Crippen molar-refractivity contribution in [1.82, 2.24) is 0 Å². The molecule has 0 N–H and O–H groups in total. The number of rotatable bonds is 10. The first kappa shape index (κ1) is 18.5. The van der Waals surface area contributed by atoms with Crippen molar-refractivity contribution in [1.29, 1.82) is 0 Å². The fourth-order valence-electron chi connectivity index (χ4n) is 2.41. The Kier molecular flexibility index (Phi) is 12.3. The molecule has 0 aliphatic rings. The van der Waals surface area contributed by atoms with Crippen molar-refractivity contribution in [2.24, 2.45) is 17.8 Å². The first-order valence-electron chi connectivity index (χ1n) is 7.19. The molecule has 17 heavy (non-hydrogen) atoms. The van der Waals surface area contributed by atoms with Gasteiger partial charge in [-0.25, -0.2) is 0 Å². The SMILES string of the molecule is CC(I)CC(CCCCCCI)[C@@H](C)C(C)C. The maximum absolute atomic E-state index is 2.59. The van der Waals surface area contributed by atoms with Crippen LogP contribution in [-0.2, 0) is 0 Å². The Morgan fingerprint density at radius 3 is 1.94 bits per heavy atom. The minimum atomic E-state index is 0.827. The largest absolute Gasteiger partial charge is 0.0864 e. The minimum Gasteiger partial charge on any atom is -0.0864 e. The van der Waals surface area contributed by atoms with E-state index >= 15 is 0 Å². The monoisotopic (exact) mass is 464 g/mol. The first-order chi connectivity index (χ1) is 7.99. The summed E-state index contributed by atoms with van der Waals surface area (Å²) in [5.41, 5.74) is 0. The fourth-order valence-corrected chi connectivity index (χ4v) is 3.60. The van der Waals surface area contributed by atoms with E-state index < -0.39 is 0 Å². The summed E-state index contributed by atoms with van der Waals surface area (Å²) >= 11 is 5.07. The summed E-state index contributed by atoms with van der Waals surface area (Å²) in [6, 6.07) is 0. The predicted octanol–water partition coefficient (Wildman–Crippen LogP) is 6.49. The Labute approximate surface area is 136 Å². The van der Waals surface area contributed by atoms with Gasteiger partial charge in [0.2, 0.25) is 0 Å². The summed E-state index contributed by atoms with van der Waals surface area (Å²) in [6.07, 6.45) is 8.60. The molecular formula is C15H30I2. The Bertz CT molecular complexity index is 166. The highest BCUT2D eigenvalue weighted by Crippen LogP contribution is 2.31. The molecule has 0 saturated carbocycles. The van der Waals surface area contributed by atoms with E-state index in [1.54, 1.807) is 0 Å². The summed E-state index contributed by atoms with van der Waals surface area (Å²) in [7, 11) is 0. The molecule has 0 radical (unpaired) electrons. The van der Waals surface area contributed by atoms with Gasteiger partial charge in [-0.15, -0.1) is 0 Å². The number of alkyl halides is 2. The average molecular weight is 464 g/mol. The van der Waals surface area contributed by atoms with Crippen molar-refractivity contribution < 1.29 is 0 Å². The van der Waals surface area contributed by atoms with Crippen molar-refractivity contribution in [3.63, 3.8) is 0 Å². The Balaban J connectivity index is 3.93. The maximum atomic E-state index is 2.59. The van der Waals surface area contributed by atoms with Crippen molar-refractivity contribution in [3.8, 4) is 0 Å². The van der Waals surface area contributed by atoms with Crippen LogP contribution in [-0.4, -0.2) is 8.35 Å². The molecule has 0 spiro atoms. The van der Waals surface area contributed by atoms with Crippen LogP contribution < -0.4 is 0 Å². The lowest BCUT2D eigenvalue weighted by Gasteiger charge is -2.28. The normalized spacial score (nSPS) is 17.1. The fraction of sp³-hybridized carbons (Fsp3) is 1.00. The van der Waals surface area contributed by atoms with Crippen molar-refractivity contribution >= 4 is 45.2 Å². The highest BCUT2D eigenvalue weighted by Gasteiger charge is 2.21. The molecule has 0 saturated heterocycles. The zero-order chi connectivity index (χ0) is 13.3. The molecule has 0 rings (SSSR count).